The zero-order valence-corrected chi connectivity index (χ0v) is 8.92. The molecule has 0 aliphatic heterocycles. The number of halogens is 2. The molecule has 88 valence electrons. The number of aliphatic hydroxyl groups is 1. The summed E-state index contributed by atoms with van der Waals surface area (Å²) in [5, 5.41) is 12.4. The lowest BCUT2D eigenvalue weighted by molar-refractivity contribution is 0.126. The molecule has 16 heavy (non-hydrogen) atoms. The molecule has 0 aromatic heterocycles. The summed E-state index contributed by atoms with van der Waals surface area (Å²) in [7, 11) is 0. The first kappa shape index (κ1) is 11.3. The van der Waals surface area contributed by atoms with Crippen LogP contribution in [0.5, 0.6) is 0 Å². The Morgan fingerprint density at radius 1 is 1.12 bits per heavy atom. The summed E-state index contributed by atoms with van der Waals surface area (Å²) in [5.74, 6) is -1.13. The molecular formula is C12H15F2NO. The monoisotopic (exact) mass is 227 g/mol. The van der Waals surface area contributed by atoms with E-state index in [9.17, 15) is 13.9 Å². The number of nitrogens with one attached hydrogen (secondary N) is 1. The first-order valence-electron chi connectivity index (χ1n) is 5.55. The highest BCUT2D eigenvalue weighted by Gasteiger charge is 2.19. The highest BCUT2D eigenvalue weighted by atomic mass is 19.1. The van der Waals surface area contributed by atoms with Gasteiger partial charge in [-0.2, -0.15) is 0 Å². The average Bonchev–Trinajstić information content (AvgIpc) is 2.25. The van der Waals surface area contributed by atoms with Crippen molar-refractivity contribution in [2.45, 2.75) is 37.8 Å². The van der Waals surface area contributed by atoms with Crippen molar-refractivity contribution < 1.29 is 13.9 Å². The summed E-state index contributed by atoms with van der Waals surface area (Å²) in [6, 6.07) is 3.70. The number of rotatable bonds is 2. The number of benzene rings is 1. The fourth-order valence-corrected chi connectivity index (χ4v) is 2.05. The van der Waals surface area contributed by atoms with Gasteiger partial charge in [0.25, 0.3) is 0 Å². The molecule has 1 aliphatic carbocycles. The molecule has 0 bridgehead atoms. The molecule has 1 aliphatic rings. The lowest BCUT2D eigenvalue weighted by Gasteiger charge is -2.27. The van der Waals surface area contributed by atoms with Crippen LogP contribution < -0.4 is 5.32 Å². The Labute approximate surface area is 93.3 Å². The summed E-state index contributed by atoms with van der Waals surface area (Å²) in [6.45, 7) is 0. The van der Waals surface area contributed by atoms with Gasteiger partial charge in [0.1, 0.15) is 11.6 Å². The topological polar surface area (TPSA) is 32.3 Å². The summed E-state index contributed by atoms with van der Waals surface area (Å²) < 4.78 is 26.0. The Bertz CT molecular complexity index is 362. The van der Waals surface area contributed by atoms with Gasteiger partial charge in [0.05, 0.1) is 11.8 Å². The van der Waals surface area contributed by atoms with Crippen LogP contribution in [0.3, 0.4) is 0 Å². The van der Waals surface area contributed by atoms with Gasteiger partial charge in [0.2, 0.25) is 0 Å². The molecule has 2 N–H and O–H groups in total. The Kier molecular flexibility index (Phi) is 3.39. The van der Waals surface area contributed by atoms with Crippen molar-refractivity contribution in [3.63, 3.8) is 0 Å². The maximum absolute atomic E-state index is 13.3. The number of aliphatic hydroxyl groups excluding tert-OH is 1. The second kappa shape index (κ2) is 4.78. The molecule has 2 rings (SSSR count). The van der Waals surface area contributed by atoms with E-state index in [1.807, 2.05) is 0 Å². The van der Waals surface area contributed by atoms with Crippen LogP contribution in [0.25, 0.3) is 0 Å². The molecule has 4 heteroatoms. The first-order valence-corrected chi connectivity index (χ1v) is 5.55. The zero-order chi connectivity index (χ0) is 11.5. The third kappa shape index (κ3) is 2.70. The van der Waals surface area contributed by atoms with E-state index < -0.39 is 11.6 Å². The van der Waals surface area contributed by atoms with E-state index in [0.29, 0.717) is 5.69 Å². The Hall–Kier alpha value is -1.16. The lowest BCUT2D eigenvalue weighted by atomic mass is 9.93. The molecule has 0 amide bonds. The normalized spacial score (nSPS) is 25.4. The fourth-order valence-electron chi connectivity index (χ4n) is 2.05. The van der Waals surface area contributed by atoms with E-state index in [4.69, 9.17) is 0 Å². The molecule has 0 radical (unpaired) electrons. The number of anilines is 1. The summed E-state index contributed by atoms with van der Waals surface area (Å²) in [4.78, 5) is 0. The van der Waals surface area contributed by atoms with E-state index in [1.165, 1.54) is 12.1 Å². The Balaban J connectivity index is 1.98. The van der Waals surface area contributed by atoms with Crippen LogP contribution in [0.2, 0.25) is 0 Å². The van der Waals surface area contributed by atoms with Crippen molar-refractivity contribution in [3.8, 4) is 0 Å². The van der Waals surface area contributed by atoms with E-state index in [2.05, 4.69) is 5.32 Å². The molecule has 0 spiro atoms. The largest absolute Gasteiger partial charge is 0.393 e. The highest BCUT2D eigenvalue weighted by molar-refractivity contribution is 5.45. The van der Waals surface area contributed by atoms with Crippen LogP contribution in [-0.4, -0.2) is 17.3 Å². The SMILES string of the molecule is OC1CCC(Nc2ccc(F)cc2F)CC1. The van der Waals surface area contributed by atoms with Crippen molar-refractivity contribution >= 4 is 5.69 Å². The quantitative estimate of drug-likeness (QED) is 0.814. The number of hydrogen-bond donors (Lipinski definition) is 2. The maximum atomic E-state index is 13.3. The Morgan fingerprint density at radius 3 is 2.44 bits per heavy atom. The van der Waals surface area contributed by atoms with Crippen LogP contribution in [0.4, 0.5) is 14.5 Å². The molecule has 0 unspecified atom stereocenters. The van der Waals surface area contributed by atoms with Gasteiger partial charge >= 0.3 is 0 Å². The summed E-state index contributed by atoms with van der Waals surface area (Å²) in [6.07, 6.45) is 2.88. The van der Waals surface area contributed by atoms with Gasteiger partial charge in [-0.15, -0.1) is 0 Å². The lowest BCUT2D eigenvalue weighted by Crippen LogP contribution is -2.28. The highest BCUT2D eigenvalue weighted by Crippen LogP contribution is 2.23. The molecule has 0 saturated heterocycles. The second-order valence-corrected chi connectivity index (χ2v) is 4.27. The zero-order valence-electron chi connectivity index (χ0n) is 8.92. The second-order valence-electron chi connectivity index (χ2n) is 4.27. The molecule has 1 fully saturated rings. The van der Waals surface area contributed by atoms with Gasteiger partial charge in [0, 0.05) is 12.1 Å². The number of hydrogen-bond acceptors (Lipinski definition) is 2. The van der Waals surface area contributed by atoms with Crippen molar-refractivity contribution in [2.75, 3.05) is 5.32 Å². The third-order valence-corrected chi connectivity index (χ3v) is 2.99. The van der Waals surface area contributed by atoms with Crippen molar-refractivity contribution in [2.24, 2.45) is 0 Å². The molecule has 0 heterocycles. The van der Waals surface area contributed by atoms with Crippen LogP contribution in [-0.2, 0) is 0 Å². The van der Waals surface area contributed by atoms with Crippen LogP contribution in [0.15, 0.2) is 18.2 Å². The molecule has 1 aromatic carbocycles. The van der Waals surface area contributed by atoms with Crippen molar-refractivity contribution in [1.29, 1.82) is 0 Å². The van der Waals surface area contributed by atoms with Crippen LogP contribution >= 0.6 is 0 Å². The maximum Gasteiger partial charge on any atom is 0.149 e. The fraction of sp³-hybridized carbons (Fsp3) is 0.500. The van der Waals surface area contributed by atoms with Crippen molar-refractivity contribution in [3.05, 3.63) is 29.8 Å². The van der Waals surface area contributed by atoms with Gasteiger partial charge in [0.15, 0.2) is 0 Å². The van der Waals surface area contributed by atoms with E-state index in [1.54, 1.807) is 0 Å². The molecular weight excluding hydrogens is 212 g/mol. The minimum absolute atomic E-state index is 0.170. The van der Waals surface area contributed by atoms with E-state index >= 15 is 0 Å². The smallest absolute Gasteiger partial charge is 0.149 e. The first-order chi connectivity index (χ1) is 7.65. The van der Waals surface area contributed by atoms with Gasteiger partial charge in [-0.05, 0) is 37.8 Å². The summed E-state index contributed by atoms with van der Waals surface area (Å²) >= 11 is 0. The third-order valence-electron chi connectivity index (χ3n) is 2.99. The van der Waals surface area contributed by atoms with Crippen LogP contribution in [0, 0.1) is 11.6 Å². The van der Waals surface area contributed by atoms with Crippen LogP contribution in [0.1, 0.15) is 25.7 Å². The Morgan fingerprint density at radius 2 is 1.81 bits per heavy atom. The van der Waals surface area contributed by atoms with Crippen molar-refractivity contribution in [1.82, 2.24) is 0 Å². The van der Waals surface area contributed by atoms with E-state index in [-0.39, 0.29) is 12.1 Å². The van der Waals surface area contributed by atoms with Gasteiger partial charge in [-0.3, -0.25) is 0 Å². The predicted octanol–water partition coefficient (Wildman–Crippen LogP) is 2.68. The predicted molar refractivity (Wildman–Crippen MR) is 58.2 cm³/mol. The van der Waals surface area contributed by atoms with Gasteiger partial charge in [-0.25, -0.2) is 8.78 Å². The minimum atomic E-state index is -0.567. The molecule has 2 nitrogen and oxygen atoms in total. The summed E-state index contributed by atoms with van der Waals surface area (Å²) in [5.41, 5.74) is 0.336. The van der Waals surface area contributed by atoms with E-state index in [0.717, 1.165) is 31.7 Å². The standard InChI is InChI=1S/C12H15F2NO/c13-8-1-6-12(11(14)7-8)15-9-2-4-10(16)5-3-9/h1,6-7,9-10,15-16H,2-5H2. The average molecular weight is 227 g/mol. The molecule has 0 atom stereocenters. The minimum Gasteiger partial charge on any atom is -0.393 e. The van der Waals surface area contributed by atoms with Gasteiger partial charge in [-0.1, -0.05) is 0 Å². The van der Waals surface area contributed by atoms with Gasteiger partial charge < -0.3 is 10.4 Å². The molecule has 1 aromatic rings. The molecule has 1 saturated carbocycles.